The van der Waals surface area contributed by atoms with Crippen LogP contribution in [0.2, 0.25) is 0 Å². The minimum Gasteiger partial charge on any atom is -0.496 e. The van der Waals surface area contributed by atoms with E-state index < -0.39 is 23.2 Å². The normalized spacial score (nSPS) is 19.1. The van der Waals surface area contributed by atoms with Crippen LogP contribution in [0.25, 0.3) is 22.7 Å². The highest BCUT2D eigenvalue weighted by atomic mass is 19.2. The van der Waals surface area contributed by atoms with Crippen molar-refractivity contribution in [2.45, 2.75) is 32.4 Å². The van der Waals surface area contributed by atoms with Gasteiger partial charge >= 0.3 is 5.97 Å². The van der Waals surface area contributed by atoms with Crippen molar-refractivity contribution < 1.29 is 32.6 Å². The molecule has 0 saturated heterocycles. The maximum atomic E-state index is 13.8. The molecule has 1 aliphatic heterocycles. The summed E-state index contributed by atoms with van der Waals surface area (Å²) >= 11 is 0. The molecule has 1 N–H and O–H groups in total. The third kappa shape index (κ3) is 3.86. The van der Waals surface area contributed by atoms with Crippen molar-refractivity contribution in [1.29, 1.82) is 0 Å². The van der Waals surface area contributed by atoms with Gasteiger partial charge in [0.15, 0.2) is 34.9 Å². The number of rotatable bonds is 6. The molecule has 0 bridgehead atoms. The van der Waals surface area contributed by atoms with E-state index in [2.05, 4.69) is 15.2 Å². The van der Waals surface area contributed by atoms with Crippen LogP contribution in [-0.4, -0.2) is 37.9 Å². The maximum absolute atomic E-state index is 13.8. The number of nitrogens with zero attached hydrogens (tertiary/aromatic N) is 4. The number of aliphatic carboxylic acids is 1. The van der Waals surface area contributed by atoms with Crippen molar-refractivity contribution in [2.24, 2.45) is 5.92 Å². The summed E-state index contributed by atoms with van der Waals surface area (Å²) in [5.41, 5.74) is -0.629. The molecule has 3 heterocycles. The van der Waals surface area contributed by atoms with Crippen LogP contribution in [0.15, 0.2) is 47.0 Å². The van der Waals surface area contributed by atoms with Gasteiger partial charge in [-0.1, -0.05) is 13.0 Å². The number of methoxy groups -OCH3 is 1. The minimum absolute atomic E-state index is 0.0572. The lowest BCUT2D eigenvalue weighted by atomic mass is 9.86. The van der Waals surface area contributed by atoms with Gasteiger partial charge in [0.2, 0.25) is 0 Å². The second-order valence-corrected chi connectivity index (χ2v) is 8.74. The topological polar surface area (TPSA) is 113 Å². The minimum atomic E-state index is -1.95. The highest BCUT2D eigenvalue weighted by Crippen LogP contribution is 2.41. The number of benzene rings is 2. The first kappa shape index (κ1) is 23.5. The number of hydrogen-bond acceptors (Lipinski definition) is 7. The predicted octanol–water partition coefficient (Wildman–Crippen LogP) is 4.59. The number of ether oxygens (including phenoxy) is 2. The number of carboxylic acid groups (broad SMARTS) is 1. The number of fused-ring (bicyclic) bond motifs is 1. The zero-order valence-electron chi connectivity index (χ0n) is 19.7. The Morgan fingerprint density at radius 1 is 1.19 bits per heavy atom. The van der Waals surface area contributed by atoms with E-state index in [1.165, 1.54) is 13.2 Å². The first-order chi connectivity index (χ1) is 17.2. The smallest absolute Gasteiger partial charge is 0.356 e. The van der Waals surface area contributed by atoms with Gasteiger partial charge in [0.05, 0.1) is 18.9 Å². The van der Waals surface area contributed by atoms with E-state index in [-0.39, 0.29) is 23.9 Å². The fourth-order valence-corrected chi connectivity index (χ4v) is 4.52. The second kappa shape index (κ2) is 8.74. The third-order valence-electron chi connectivity index (χ3n) is 6.12. The van der Waals surface area contributed by atoms with E-state index in [0.29, 0.717) is 40.9 Å². The number of aryl methyl sites for hydroxylation is 1. The number of carboxylic acids is 1. The van der Waals surface area contributed by atoms with Crippen molar-refractivity contribution in [3.8, 4) is 34.2 Å². The molecule has 0 radical (unpaired) electrons. The second-order valence-electron chi connectivity index (χ2n) is 8.74. The Labute approximate surface area is 204 Å². The Kier molecular flexibility index (Phi) is 5.70. The average Bonchev–Trinajstić information content (AvgIpc) is 3.47. The van der Waals surface area contributed by atoms with Crippen molar-refractivity contribution >= 4 is 5.97 Å². The molecule has 9 nitrogen and oxygen atoms in total. The van der Waals surface area contributed by atoms with Crippen LogP contribution in [0.1, 0.15) is 25.1 Å². The van der Waals surface area contributed by atoms with Crippen LogP contribution in [0.4, 0.5) is 8.78 Å². The molecule has 11 heteroatoms. The molecule has 0 spiro atoms. The fraction of sp³-hybridized carbons (Fsp3) is 0.280. The van der Waals surface area contributed by atoms with Crippen molar-refractivity contribution in [3.63, 3.8) is 0 Å². The van der Waals surface area contributed by atoms with Crippen LogP contribution >= 0.6 is 0 Å². The summed E-state index contributed by atoms with van der Waals surface area (Å²) in [6.07, 6.45) is 1.66. The standard InChI is InChI=1S/C25H22F2N4O5/c1-13-10-25(24(32)33,36-16-5-7-18(26)19(27)9-16)23-30-29-22(31(23)12-13)15-4-6-17(20(8-15)34-3)21-11-28-14(2)35-21/h4-9,11,13H,10,12H2,1-3H3,(H,32,33). The molecule has 5 rings (SSSR count). The Bertz CT molecular complexity index is 1470. The van der Waals surface area contributed by atoms with Crippen LogP contribution in [0.3, 0.4) is 0 Å². The maximum Gasteiger partial charge on any atom is 0.356 e. The van der Waals surface area contributed by atoms with Crippen LogP contribution < -0.4 is 9.47 Å². The summed E-state index contributed by atoms with van der Waals surface area (Å²) < 4.78 is 45.9. The van der Waals surface area contributed by atoms with Crippen LogP contribution in [-0.2, 0) is 16.9 Å². The highest BCUT2D eigenvalue weighted by molar-refractivity contribution is 5.80. The Morgan fingerprint density at radius 2 is 2.00 bits per heavy atom. The van der Waals surface area contributed by atoms with E-state index in [1.807, 2.05) is 6.92 Å². The van der Waals surface area contributed by atoms with Gasteiger partial charge in [0, 0.05) is 31.5 Å². The van der Waals surface area contributed by atoms with Gasteiger partial charge in [0.25, 0.3) is 5.60 Å². The molecule has 186 valence electrons. The predicted molar refractivity (Wildman–Crippen MR) is 122 cm³/mol. The molecule has 0 aliphatic carbocycles. The Balaban J connectivity index is 1.59. The molecule has 0 saturated carbocycles. The van der Waals surface area contributed by atoms with Gasteiger partial charge in [-0.25, -0.2) is 18.6 Å². The lowest BCUT2D eigenvalue weighted by Crippen LogP contribution is -2.48. The van der Waals surface area contributed by atoms with Crippen LogP contribution in [0, 0.1) is 24.5 Å². The monoisotopic (exact) mass is 496 g/mol. The summed E-state index contributed by atoms with van der Waals surface area (Å²) in [6, 6.07) is 8.22. The molecule has 0 fully saturated rings. The van der Waals surface area contributed by atoms with E-state index in [4.69, 9.17) is 13.9 Å². The summed E-state index contributed by atoms with van der Waals surface area (Å²) in [4.78, 5) is 16.7. The van der Waals surface area contributed by atoms with Gasteiger partial charge < -0.3 is 23.6 Å². The van der Waals surface area contributed by atoms with Gasteiger partial charge in [-0.3, -0.25) is 0 Å². The molecular formula is C25H22F2N4O5. The molecular weight excluding hydrogens is 474 g/mol. The van der Waals surface area contributed by atoms with Crippen molar-refractivity contribution in [3.05, 3.63) is 65.9 Å². The lowest BCUT2D eigenvalue weighted by molar-refractivity contribution is -0.161. The summed E-state index contributed by atoms with van der Waals surface area (Å²) in [5.74, 6) is -1.78. The summed E-state index contributed by atoms with van der Waals surface area (Å²) in [7, 11) is 1.53. The van der Waals surface area contributed by atoms with Crippen molar-refractivity contribution in [2.75, 3.05) is 7.11 Å². The lowest BCUT2D eigenvalue weighted by Gasteiger charge is -2.36. The number of carbonyl (C=O) groups is 1. The molecule has 1 aliphatic rings. The van der Waals surface area contributed by atoms with Gasteiger partial charge in [-0.2, -0.15) is 0 Å². The first-order valence-corrected chi connectivity index (χ1v) is 11.1. The number of oxazole rings is 1. The van der Waals surface area contributed by atoms with Gasteiger partial charge in [0.1, 0.15) is 11.5 Å². The first-order valence-electron chi connectivity index (χ1n) is 11.1. The summed E-state index contributed by atoms with van der Waals surface area (Å²) in [5, 5.41) is 18.7. The largest absolute Gasteiger partial charge is 0.496 e. The third-order valence-corrected chi connectivity index (χ3v) is 6.12. The molecule has 0 amide bonds. The van der Waals surface area contributed by atoms with Crippen LogP contribution in [0.5, 0.6) is 11.5 Å². The molecule has 2 aromatic heterocycles. The van der Waals surface area contributed by atoms with E-state index in [9.17, 15) is 18.7 Å². The van der Waals surface area contributed by atoms with Crippen molar-refractivity contribution in [1.82, 2.24) is 19.7 Å². The zero-order chi connectivity index (χ0) is 25.6. The zero-order valence-corrected chi connectivity index (χ0v) is 19.7. The number of halogens is 2. The molecule has 2 unspecified atom stereocenters. The highest BCUT2D eigenvalue weighted by Gasteiger charge is 2.52. The molecule has 2 atom stereocenters. The van der Waals surface area contributed by atoms with E-state index in [0.717, 1.165) is 12.1 Å². The Morgan fingerprint density at radius 3 is 2.67 bits per heavy atom. The SMILES string of the molecule is COc1cc(-c2nnc3n2CC(C)CC3(Oc2ccc(F)c(F)c2)C(=O)O)ccc1-c1cnc(C)o1. The quantitative estimate of drug-likeness (QED) is 0.412. The fourth-order valence-electron chi connectivity index (χ4n) is 4.52. The number of hydrogen-bond donors (Lipinski definition) is 1. The molecule has 4 aromatic rings. The average molecular weight is 496 g/mol. The number of aromatic nitrogens is 4. The Hall–Kier alpha value is -4.28. The van der Waals surface area contributed by atoms with E-state index >= 15 is 0 Å². The van der Waals surface area contributed by atoms with Gasteiger partial charge in [-0.15, -0.1) is 10.2 Å². The molecule has 36 heavy (non-hydrogen) atoms. The van der Waals surface area contributed by atoms with E-state index in [1.54, 1.807) is 35.9 Å². The summed E-state index contributed by atoms with van der Waals surface area (Å²) in [6.45, 7) is 4.04. The molecule has 2 aromatic carbocycles. The van der Waals surface area contributed by atoms with Gasteiger partial charge in [-0.05, 0) is 30.2 Å².